The molecule has 3 heteroatoms. The van der Waals surface area contributed by atoms with Crippen LogP contribution in [0.1, 0.15) is 29.5 Å². The van der Waals surface area contributed by atoms with E-state index in [1.807, 2.05) is 12.1 Å². The number of anilines is 1. The van der Waals surface area contributed by atoms with E-state index >= 15 is 0 Å². The minimum absolute atomic E-state index is 0.759. The summed E-state index contributed by atoms with van der Waals surface area (Å²) in [6, 6.07) is 12.6. The molecule has 0 unspecified atom stereocenters. The fourth-order valence-electron chi connectivity index (χ4n) is 2.82. The average Bonchev–Trinajstić information content (AvgIpc) is 2.48. The molecule has 0 spiro atoms. The Labute approximate surface area is 133 Å². The van der Waals surface area contributed by atoms with Crippen LogP contribution in [0.3, 0.4) is 0 Å². The maximum Gasteiger partial charge on any atom is 0.0456 e. The lowest BCUT2D eigenvalue weighted by Gasteiger charge is -2.20. The first-order valence-electron chi connectivity index (χ1n) is 7.02. The van der Waals surface area contributed by atoms with Crippen molar-refractivity contribution in [1.29, 1.82) is 0 Å². The smallest absolute Gasteiger partial charge is 0.0456 e. The first-order valence-corrected chi connectivity index (χ1v) is 8.20. The second kappa shape index (κ2) is 6.19. The molecule has 2 aromatic carbocycles. The van der Waals surface area contributed by atoms with Crippen molar-refractivity contribution >= 4 is 33.2 Å². The number of hydrogen-bond acceptors (Lipinski definition) is 1. The second-order valence-corrected chi connectivity index (χ2v) is 6.56. The van der Waals surface area contributed by atoms with Crippen LogP contribution in [0.4, 0.5) is 5.69 Å². The lowest BCUT2D eigenvalue weighted by Crippen LogP contribution is -2.08. The molecule has 0 radical (unpaired) electrons. The Morgan fingerprint density at radius 1 is 1.10 bits per heavy atom. The van der Waals surface area contributed by atoms with Gasteiger partial charge in [-0.25, -0.2) is 0 Å². The second-order valence-electron chi connectivity index (χ2n) is 5.24. The fourth-order valence-corrected chi connectivity index (χ4v) is 3.41. The molecule has 0 aromatic heterocycles. The van der Waals surface area contributed by atoms with Gasteiger partial charge in [-0.1, -0.05) is 39.7 Å². The molecular weight excluding hydrogens is 334 g/mol. The van der Waals surface area contributed by atoms with Gasteiger partial charge in [0.05, 0.1) is 0 Å². The van der Waals surface area contributed by atoms with Gasteiger partial charge in [0.15, 0.2) is 0 Å². The molecule has 1 aliphatic rings. The molecular formula is C17H17BrClN. The van der Waals surface area contributed by atoms with Crippen molar-refractivity contribution in [3.05, 3.63) is 62.6 Å². The average molecular weight is 351 g/mol. The van der Waals surface area contributed by atoms with E-state index in [1.54, 1.807) is 0 Å². The minimum Gasteiger partial charge on any atom is -0.381 e. The van der Waals surface area contributed by atoms with Gasteiger partial charge in [-0.3, -0.25) is 0 Å². The zero-order valence-corrected chi connectivity index (χ0v) is 13.6. The molecule has 20 heavy (non-hydrogen) atoms. The van der Waals surface area contributed by atoms with E-state index < -0.39 is 0 Å². The number of aryl methyl sites for hydroxylation is 1. The van der Waals surface area contributed by atoms with Crippen molar-refractivity contribution in [2.75, 3.05) is 5.32 Å². The summed E-state index contributed by atoms with van der Waals surface area (Å²) in [7, 11) is 0. The van der Waals surface area contributed by atoms with Gasteiger partial charge in [-0.05, 0) is 66.6 Å². The van der Waals surface area contributed by atoms with Gasteiger partial charge in [0, 0.05) is 21.7 Å². The molecule has 0 bridgehead atoms. The van der Waals surface area contributed by atoms with E-state index in [9.17, 15) is 0 Å². The predicted octanol–water partition coefficient (Wildman–Crippen LogP) is 5.59. The first-order chi connectivity index (χ1) is 9.74. The van der Waals surface area contributed by atoms with Crippen molar-refractivity contribution in [3.8, 4) is 0 Å². The van der Waals surface area contributed by atoms with Crippen LogP contribution >= 0.6 is 27.5 Å². The third-order valence-corrected chi connectivity index (χ3v) is 4.73. The van der Waals surface area contributed by atoms with Crippen LogP contribution in [0.25, 0.3) is 0 Å². The van der Waals surface area contributed by atoms with Crippen LogP contribution in [0.15, 0.2) is 40.9 Å². The zero-order chi connectivity index (χ0) is 13.9. The maximum atomic E-state index is 6.25. The minimum atomic E-state index is 0.759. The van der Waals surface area contributed by atoms with Crippen LogP contribution in [0.5, 0.6) is 0 Å². The van der Waals surface area contributed by atoms with Crippen molar-refractivity contribution in [2.45, 2.75) is 32.2 Å². The van der Waals surface area contributed by atoms with Gasteiger partial charge < -0.3 is 5.32 Å². The Morgan fingerprint density at radius 3 is 2.85 bits per heavy atom. The summed E-state index contributed by atoms with van der Waals surface area (Å²) in [6.45, 7) is 0.759. The van der Waals surface area contributed by atoms with Crippen molar-refractivity contribution in [3.63, 3.8) is 0 Å². The lowest BCUT2D eigenvalue weighted by molar-refractivity contribution is 0.686. The van der Waals surface area contributed by atoms with Gasteiger partial charge >= 0.3 is 0 Å². The maximum absolute atomic E-state index is 6.25. The molecule has 0 saturated carbocycles. The third-order valence-electron chi connectivity index (χ3n) is 3.87. The molecule has 0 fully saturated rings. The van der Waals surface area contributed by atoms with E-state index in [0.717, 1.165) is 21.6 Å². The standard InChI is InChI=1S/C17H17BrClN/c18-14-8-9-16(19)13(10-14)11-20-17-7-3-5-12-4-1-2-6-15(12)17/h3,5,7-10,20H,1-2,4,6,11H2. The highest BCUT2D eigenvalue weighted by molar-refractivity contribution is 9.10. The van der Waals surface area contributed by atoms with E-state index in [2.05, 4.69) is 45.5 Å². The topological polar surface area (TPSA) is 12.0 Å². The molecule has 1 nitrogen and oxygen atoms in total. The number of halogens is 2. The van der Waals surface area contributed by atoms with Gasteiger partial charge in [0.25, 0.3) is 0 Å². The summed E-state index contributed by atoms with van der Waals surface area (Å²) in [5.74, 6) is 0. The zero-order valence-electron chi connectivity index (χ0n) is 11.3. The summed E-state index contributed by atoms with van der Waals surface area (Å²) in [6.07, 6.45) is 5.00. The first kappa shape index (κ1) is 14.0. The molecule has 0 heterocycles. The van der Waals surface area contributed by atoms with Crippen LogP contribution < -0.4 is 5.32 Å². The summed E-state index contributed by atoms with van der Waals surface area (Å²) in [5, 5.41) is 4.36. The van der Waals surface area contributed by atoms with Crippen LogP contribution in [0.2, 0.25) is 5.02 Å². The molecule has 104 valence electrons. The SMILES string of the molecule is Clc1ccc(Br)cc1CNc1cccc2c1CCCC2. The molecule has 1 N–H and O–H groups in total. The Kier molecular flexibility index (Phi) is 4.32. The molecule has 2 aromatic rings. The van der Waals surface area contributed by atoms with E-state index in [4.69, 9.17) is 11.6 Å². The van der Waals surface area contributed by atoms with Gasteiger partial charge in [-0.15, -0.1) is 0 Å². The van der Waals surface area contributed by atoms with E-state index in [1.165, 1.54) is 42.5 Å². The Bertz CT molecular complexity index is 624. The normalized spacial score (nSPS) is 13.9. The quantitative estimate of drug-likeness (QED) is 0.760. The van der Waals surface area contributed by atoms with Crippen molar-refractivity contribution in [2.24, 2.45) is 0 Å². The molecule has 1 aliphatic carbocycles. The molecule has 0 saturated heterocycles. The largest absolute Gasteiger partial charge is 0.381 e. The fraction of sp³-hybridized carbons (Fsp3) is 0.294. The number of rotatable bonds is 3. The summed E-state index contributed by atoms with van der Waals surface area (Å²) in [4.78, 5) is 0. The van der Waals surface area contributed by atoms with Gasteiger partial charge in [-0.2, -0.15) is 0 Å². The van der Waals surface area contributed by atoms with Crippen molar-refractivity contribution < 1.29 is 0 Å². The highest BCUT2D eigenvalue weighted by Crippen LogP contribution is 2.29. The number of hydrogen-bond donors (Lipinski definition) is 1. The summed E-state index contributed by atoms with van der Waals surface area (Å²) >= 11 is 9.74. The molecule has 3 rings (SSSR count). The Hall–Kier alpha value is -0.990. The molecule has 0 atom stereocenters. The highest BCUT2D eigenvalue weighted by atomic mass is 79.9. The van der Waals surface area contributed by atoms with Crippen LogP contribution in [0, 0.1) is 0 Å². The Balaban J connectivity index is 1.80. The van der Waals surface area contributed by atoms with Gasteiger partial charge in [0.2, 0.25) is 0 Å². The van der Waals surface area contributed by atoms with Gasteiger partial charge in [0.1, 0.15) is 0 Å². The number of fused-ring (bicyclic) bond motifs is 1. The monoisotopic (exact) mass is 349 g/mol. The summed E-state index contributed by atoms with van der Waals surface area (Å²) < 4.78 is 1.06. The molecule has 0 aliphatic heterocycles. The number of nitrogens with one attached hydrogen (secondary N) is 1. The Morgan fingerprint density at radius 2 is 1.95 bits per heavy atom. The lowest BCUT2D eigenvalue weighted by atomic mass is 9.90. The van der Waals surface area contributed by atoms with E-state index in [-0.39, 0.29) is 0 Å². The van der Waals surface area contributed by atoms with Crippen molar-refractivity contribution in [1.82, 2.24) is 0 Å². The van der Waals surface area contributed by atoms with E-state index in [0.29, 0.717) is 0 Å². The molecule has 0 amide bonds. The highest BCUT2D eigenvalue weighted by Gasteiger charge is 2.12. The summed E-state index contributed by atoms with van der Waals surface area (Å²) in [5.41, 5.74) is 5.37. The number of benzene rings is 2. The predicted molar refractivity (Wildman–Crippen MR) is 89.6 cm³/mol. The van der Waals surface area contributed by atoms with Crippen LogP contribution in [-0.2, 0) is 19.4 Å². The third kappa shape index (κ3) is 3.02. The van der Waals surface area contributed by atoms with Crippen LogP contribution in [-0.4, -0.2) is 0 Å².